The van der Waals surface area contributed by atoms with Crippen molar-refractivity contribution in [1.29, 1.82) is 0 Å². The van der Waals surface area contributed by atoms with E-state index in [9.17, 15) is 0 Å². The predicted molar refractivity (Wildman–Crippen MR) is 101 cm³/mol. The standard InChI is InChI=1S/C22H44/c1-7-9-10-11-12-13-14-16-22(19(5)17-18(3)4)20(6)21(22)15-8-2/h18-21H,7-17H2,1-6H3. The summed E-state index contributed by atoms with van der Waals surface area (Å²) in [6.07, 6.45) is 16.0. The molecule has 0 radical (unpaired) electrons. The van der Waals surface area contributed by atoms with Crippen LogP contribution in [0.25, 0.3) is 0 Å². The molecule has 1 saturated carbocycles. The minimum absolute atomic E-state index is 0.712. The monoisotopic (exact) mass is 308 g/mol. The van der Waals surface area contributed by atoms with Crippen LogP contribution in [0.15, 0.2) is 0 Å². The van der Waals surface area contributed by atoms with E-state index in [1.807, 2.05) is 0 Å². The van der Waals surface area contributed by atoms with Gasteiger partial charge in [-0.1, -0.05) is 92.9 Å². The Hall–Kier alpha value is 0. The van der Waals surface area contributed by atoms with Gasteiger partial charge in [0.1, 0.15) is 0 Å². The maximum atomic E-state index is 2.56. The molecule has 0 aromatic rings. The first kappa shape index (κ1) is 20.0. The Labute approximate surface area is 141 Å². The molecule has 0 saturated heterocycles. The molecule has 0 aromatic carbocycles. The molecule has 0 N–H and O–H groups in total. The third-order valence-corrected chi connectivity index (χ3v) is 6.59. The van der Waals surface area contributed by atoms with Gasteiger partial charge in [0.05, 0.1) is 0 Å². The van der Waals surface area contributed by atoms with Crippen molar-refractivity contribution in [1.82, 2.24) is 0 Å². The van der Waals surface area contributed by atoms with E-state index in [0.717, 1.165) is 23.7 Å². The van der Waals surface area contributed by atoms with Crippen LogP contribution >= 0.6 is 0 Å². The third-order valence-electron chi connectivity index (χ3n) is 6.59. The van der Waals surface area contributed by atoms with Crippen LogP contribution in [0.3, 0.4) is 0 Å². The van der Waals surface area contributed by atoms with E-state index in [-0.39, 0.29) is 0 Å². The maximum Gasteiger partial charge on any atom is -0.0212 e. The van der Waals surface area contributed by atoms with Crippen molar-refractivity contribution in [3.63, 3.8) is 0 Å². The van der Waals surface area contributed by atoms with Crippen molar-refractivity contribution in [2.75, 3.05) is 0 Å². The van der Waals surface area contributed by atoms with Crippen molar-refractivity contribution in [2.24, 2.45) is 29.1 Å². The van der Waals surface area contributed by atoms with Crippen molar-refractivity contribution < 1.29 is 0 Å². The zero-order valence-electron chi connectivity index (χ0n) is 16.6. The van der Waals surface area contributed by atoms with Gasteiger partial charge in [0.15, 0.2) is 0 Å². The van der Waals surface area contributed by atoms with Gasteiger partial charge in [0.25, 0.3) is 0 Å². The van der Waals surface area contributed by atoms with E-state index in [0.29, 0.717) is 5.41 Å². The summed E-state index contributed by atoms with van der Waals surface area (Å²) in [4.78, 5) is 0. The Balaban J connectivity index is 2.41. The second kappa shape index (κ2) is 9.99. The molecule has 0 spiro atoms. The Morgan fingerprint density at radius 3 is 1.95 bits per heavy atom. The number of unbranched alkanes of at least 4 members (excludes halogenated alkanes) is 6. The van der Waals surface area contributed by atoms with Crippen molar-refractivity contribution in [3.05, 3.63) is 0 Å². The molecule has 0 nitrogen and oxygen atoms in total. The summed E-state index contributed by atoms with van der Waals surface area (Å²) in [5.41, 5.74) is 0.712. The van der Waals surface area contributed by atoms with E-state index in [4.69, 9.17) is 0 Å². The zero-order valence-corrected chi connectivity index (χ0v) is 16.6. The smallest absolute Gasteiger partial charge is 0.0212 e. The Morgan fingerprint density at radius 1 is 0.818 bits per heavy atom. The van der Waals surface area contributed by atoms with Crippen LogP contribution in [-0.2, 0) is 0 Å². The van der Waals surface area contributed by atoms with Crippen LogP contribution in [0, 0.1) is 29.1 Å². The van der Waals surface area contributed by atoms with Crippen LogP contribution in [-0.4, -0.2) is 0 Å². The van der Waals surface area contributed by atoms with Gasteiger partial charge in [-0.3, -0.25) is 0 Å². The molecule has 0 amide bonds. The fourth-order valence-corrected chi connectivity index (χ4v) is 5.37. The largest absolute Gasteiger partial charge is 0.0654 e. The summed E-state index contributed by atoms with van der Waals surface area (Å²) in [6, 6.07) is 0. The fraction of sp³-hybridized carbons (Fsp3) is 1.00. The molecule has 0 bridgehead atoms. The average Bonchev–Trinajstić information content (AvgIpc) is 3.03. The predicted octanol–water partition coefficient (Wildman–Crippen LogP) is 7.86. The lowest BCUT2D eigenvalue weighted by molar-refractivity contribution is 0.219. The number of rotatable bonds is 13. The second-order valence-electron chi connectivity index (χ2n) is 8.70. The molecule has 1 aliphatic carbocycles. The Bertz CT molecular complexity index is 280. The SMILES string of the molecule is CCCCCCCCCC1(C(C)CC(C)C)C(C)C1CCC. The maximum absolute atomic E-state index is 2.56. The van der Waals surface area contributed by atoms with Gasteiger partial charge in [0, 0.05) is 0 Å². The van der Waals surface area contributed by atoms with E-state index in [1.54, 1.807) is 0 Å². The van der Waals surface area contributed by atoms with Gasteiger partial charge in [-0.15, -0.1) is 0 Å². The highest BCUT2D eigenvalue weighted by molar-refractivity contribution is 5.10. The molecule has 0 aliphatic heterocycles. The van der Waals surface area contributed by atoms with Crippen LogP contribution < -0.4 is 0 Å². The molecule has 4 unspecified atom stereocenters. The molecule has 0 aromatic heterocycles. The van der Waals surface area contributed by atoms with Gasteiger partial charge >= 0.3 is 0 Å². The molecular formula is C22H44. The highest BCUT2D eigenvalue weighted by Gasteiger charge is 2.62. The zero-order chi connectivity index (χ0) is 16.6. The molecule has 1 rings (SSSR count). The minimum Gasteiger partial charge on any atom is -0.0654 e. The highest BCUT2D eigenvalue weighted by Crippen LogP contribution is 2.68. The molecule has 1 fully saturated rings. The molecule has 132 valence electrons. The lowest BCUT2D eigenvalue weighted by Gasteiger charge is -2.28. The third kappa shape index (κ3) is 5.27. The van der Waals surface area contributed by atoms with Crippen LogP contribution in [0.5, 0.6) is 0 Å². The summed E-state index contributed by atoms with van der Waals surface area (Å²) in [6.45, 7) is 14.6. The fourth-order valence-electron chi connectivity index (χ4n) is 5.37. The average molecular weight is 309 g/mol. The van der Waals surface area contributed by atoms with Gasteiger partial charge in [-0.05, 0) is 48.3 Å². The number of hydrogen-bond acceptors (Lipinski definition) is 0. The van der Waals surface area contributed by atoms with Gasteiger partial charge < -0.3 is 0 Å². The summed E-state index contributed by atoms with van der Waals surface area (Å²) in [5, 5.41) is 0. The molecular weight excluding hydrogens is 264 g/mol. The molecule has 0 heterocycles. The van der Waals surface area contributed by atoms with E-state index >= 15 is 0 Å². The van der Waals surface area contributed by atoms with E-state index in [1.165, 1.54) is 70.6 Å². The molecule has 0 heteroatoms. The van der Waals surface area contributed by atoms with Gasteiger partial charge in [-0.2, -0.15) is 0 Å². The van der Waals surface area contributed by atoms with Crippen molar-refractivity contribution in [2.45, 2.75) is 112 Å². The van der Waals surface area contributed by atoms with E-state index in [2.05, 4.69) is 41.5 Å². The van der Waals surface area contributed by atoms with Crippen LogP contribution in [0.1, 0.15) is 112 Å². The van der Waals surface area contributed by atoms with Crippen LogP contribution in [0.2, 0.25) is 0 Å². The highest BCUT2D eigenvalue weighted by atomic mass is 14.7. The van der Waals surface area contributed by atoms with Gasteiger partial charge in [0.2, 0.25) is 0 Å². The van der Waals surface area contributed by atoms with E-state index < -0.39 is 0 Å². The Morgan fingerprint density at radius 2 is 1.41 bits per heavy atom. The summed E-state index contributed by atoms with van der Waals surface area (Å²) < 4.78 is 0. The Kier molecular flexibility index (Phi) is 9.10. The van der Waals surface area contributed by atoms with Crippen molar-refractivity contribution >= 4 is 0 Å². The quantitative estimate of drug-likeness (QED) is 0.304. The normalized spacial score (nSPS) is 29.0. The number of hydrogen-bond donors (Lipinski definition) is 0. The second-order valence-corrected chi connectivity index (χ2v) is 8.70. The van der Waals surface area contributed by atoms with Crippen molar-refractivity contribution in [3.8, 4) is 0 Å². The van der Waals surface area contributed by atoms with Crippen LogP contribution in [0.4, 0.5) is 0 Å². The minimum atomic E-state index is 0.712. The first-order chi connectivity index (χ1) is 10.5. The molecule has 4 atom stereocenters. The molecule has 1 aliphatic rings. The summed E-state index contributed by atoms with van der Waals surface area (Å²) in [5.74, 6) is 3.81. The molecule has 22 heavy (non-hydrogen) atoms. The van der Waals surface area contributed by atoms with Gasteiger partial charge in [-0.25, -0.2) is 0 Å². The topological polar surface area (TPSA) is 0 Å². The lowest BCUT2D eigenvalue weighted by atomic mass is 9.77. The first-order valence-electron chi connectivity index (χ1n) is 10.5. The lowest BCUT2D eigenvalue weighted by Crippen LogP contribution is -2.19. The summed E-state index contributed by atoms with van der Waals surface area (Å²) >= 11 is 0. The first-order valence-corrected chi connectivity index (χ1v) is 10.5. The summed E-state index contributed by atoms with van der Waals surface area (Å²) in [7, 11) is 0.